The van der Waals surface area contributed by atoms with Crippen LogP contribution < -0.4 is 5.32 Å². The van der Waals surface area contributed by atoms with Gasteiger partial charge in [0, 0.05) is 31.0 Å². The number of pyridine rings is 1. The van der Waals surface area contributed by atoms with Crippen LogP contribution >= 0.6 is 0 Å². The van der Waals surface area contributed by atoms with Crippen LogP contribution in [-0.2, 0) is 6.54 Å². The van der Waals surface area contributed by atoms with Gasteiger partial charge in [0.05, 0.1) is 6.54 Å². The molecule has 3 rings (SSSR count). The highest BCUT2D eigenvalue weighted by molar-refractivity contribution is 5.51. The smallest absolute Gasteiger partial charge is 0.241 e. The van der Waals surface area contributed by atoms with Gasteiger partial charge in [-0.15, -0.1) is 0 Å². The second kappa shape index (κ2) is 5.90. The summed E-state index contributed by atoms with van der Waals surface area (Å²) in [4.78, 5) is 10.8. The Labute approximate surface area is 111 Å². The number of nitrogens with one attached hydrogen (secondary N) is 1. The Hall–Kier alpha value is -1.79. The molecule has 6 heteroatoms. The van der Waals surface area contributed by atoms with Gasteiger partial charge in [-0.05, 0) is 31.6 Å². The molecule has 0 aromatic carbocycles. The summed E-state index contributed by atoms with van der Waals surface area (Å²) in [6.07, 6.45) is 4.63. The molecule has 6 nitrogen and oxygen atoms in total. The van der Waals surface area contributed by atoms with Crippen molar-refractivity contribution in [3.05, 3.63) is 30.4 Å². The molecule has 2 aromatic rings. The maximum atomic E-state index is 5.31. The third-order valence-corrected chi connectivity index (χ3v) is 3.18. The lowest BCUT2D eigenvalue weighted by Gasteiger charge is -2.16. The largest absolute Gasteiger partial charge is 0.338 e. The zero-order valence-corrected chi connectivity index (χ0v) is 10.7. The van der Waals surface area contributed by atoms with Gasteiger partial charge >= 0.3 is 0 Å². The fourth-order valence-corrected chi connectivity index (χ4v) is 2.18. The predicted octanol–water partition coefficient (Wildman–Crippen LogP) is 0.927. The number of hydrogen-bond acceptors (Lipinski definition) is 6. The van der Waals surface area contributed by atoms with Crippen molar-refractivity contribution >= 4 is 0 Å². The van der Waals surface area contributed by atoms with Crippen LogP contribution in [0.1, 0.15) is 12.3 Å². The molecular formula is C13H17N5O. The quantitative estimate of drug-likeness (QED) is 0.884. The molecule has 1 aliphatic heterocycles. The van der Waals surface area contributed by atoms with E-state index in [0.29, 0.717) is 11.7 Å². The highest BCUT2D eigenvalue weighted by Gasteiger charge is 2.14. The van der Waals surface area contributed by atoms with Crippen LogP contribution in [0.3, 0.4) is 0 Å². The number of rotatable bonds is 3. The lowest BCUT2D eigenvalue weighted by molar-refractivity contribution is 0.239. The van der Waals surface area contributed by atoms with Crippen LogP contribution in [0.5, 0.6) is 0 Å². The van der Waals surface area contributed by atoms with Crippen molar-refractivity contribution in [1.29, 1.82) is 0 Å². The van der Waals surface area contributed by atoms with Gasteiger partial charge in [-0.2, -0.15) is 4.98 Å². The zero-order chi connectivity index (χ0) is 12.9. The van der Waals surface area contributed by atoms with E-state index in [2.05, 4.69) is 25.3 Å². The Bertz CT molecular complexity index is 505. The summed E-state index contributed by atoms with van der Waals surface area (Å²) in [5.74, 6) is 1.27. The van der Waals surface area contributed by atoms with Crippen LogP contribution in [0.25, 0.3) is 11.4 Å². The first kappa shape index (κ1) is 12.3. The first-order valence-electron chi connectivity index (χ1n) is 6.58. The SMILES string of the molecule is c1cncc(-c2noc(CN3CCCNCC3)n2)c1. The highest BCUT2D eigenvalue weighted by Crippen LogP contribution is 2.14. The highest BCUT2D eigenvalue weighted by atomic mass is 16.5. The molecule has 1 N–H and O–H groups in total. The van der Waals surface area contributed by atoms with Crippen LogP contribution in [0.4, 0.5) is 0 Å². The summed E-state index contributed by atoms with van der Waals surface area (Å²) in [5, 5.41) is 7.38. The second-order valence-electron chi connectivity index (χ2n) is 4.63. The van der Waals surface area contributed by atoms with Gasteiger partial charge in [0.2, 0.25) is 11.7 Å². The molecule has 1 fully saturated rings. The van der Waals surface area contributed by atoms with Crippen LogP contribution in [0.2, 0.25) is 0 Å². The topological polar surface area (TPSA) is 67.1 Å². The average molecular weight is 259 g/mol. The van der Waals surface area contributed by atoms with E-state index in [1.54, 1.807) is 12.4 Å². The Morgan fingerprint density at radius 3 is 3.21 bits per heavy atom. The van der Waals surface area contributed by atoms with E-state index in [9.17, 15) is 0 Å². The molecule has 100 valence electrons. The minimum Gasteiger partial charge on any atom is -0.338 e. The van der Waals surface area contributed by atoms with Gasteiger partial charge in [0.1, 0.15) is 0 Å². The van der Waals surface area contributed by atoms with Crippen LogP contribution in [0.15, 0.2) is 29.0 Å². The molecule has 0 spiro atoms. The fourth-order valence-electron chi connectivity index (χ4n) is 2.18. The van der Waals surface area contributed by atoms with Gasteiger partial charge in [0.15, 0.2) is 0 Å². The molecule has 0 atom stereocenters. The zero-order valence-electron chi connectivity index (χ0n) is 10.7. The first-order valence-corrected chi connectivity index (χ1v) is 6.58. The summed E-state index contributed by atoms with van der Waals surface area (Å²) in [6, 6.07) is 3.79. The molecule has 0 aliphatic carbocycles. The third-order valence-electron chi connectivity index (χ3n) is 3.18. The van der Waals surface area contributed by atoms with Crippen molar-refractivity contribution < 1.29 is 4.52 Å². The fraction of sp³-hybridized carbons (Fsp3) is 0.462. The monoisotopic (exact) mass is 259 g/mol. The summed E-state index contributed by atoms with van der Waals surface area (Å²) in [7, 11) is 0. The molecule has 0 radical (unpaired) electrons. The van der Waals surface area contributed by atoms with E-state index in [1.165, 1.54) is 0 Å². The number of hydrogen-bond donors (Lipinski definition) is 1. The first-order chi connectivity index (χ1) is 9.42. The Balaban J connectivity index is 1.68. The Morgan fingerprint density at radius 2 is 2.32 bits per heavy atom. The van der Waals surface area contributed by atoms with E-state index < -0.39 is 0 Å². The lowest BCUT2D eigenvalue weighted by Crippen LogP contribution is -2.27. The van der Waals surface area contributed by atoms with E-state index >= 15 is 0 Å². The van der Waals surface area contributed by atoms with E-state index in [0.717, 1.165) is 44.7 Å². The second-order valence-corrected chi connectivity index (χ2v) is 4.63. The Kier molecular flexibility index (Phi) is 3.81. The molecule has 1 saturated heterocycles. The van der Waals surface area contributed by atoms with Crippen molar-refractivity contribution in [3.63, 3.8) is 0 Å². The normalized spacial score (nSPS) is 17.3. The summed E-state index contributed by atoms with van der Waals surface area (Å²) in [6.45, 7) is 4.90. The van der Waals surface area contributed by atoms with Gasteiger partial charge in [-0.1, -0.05) is 5.16 Å². The number of nitrogens with zero attached hydrogens (tertiary/aromatic N) is 4. The van der Waals surface area contributed by atoms with Crippen molar-refractivity contribution in [3.8, 4) is 11.4 Å². The molecule has 1 aliphatic rings. The molecule has 0 bridgehead atoms. The molecule has 0 saturated carbocycles. The Morgan fingerprint density at radius 1 is 1.32 bits per heavy atom. The van der Waals surface area contributed by atoms with E-state index in [1.807, 2.05) is 12.1 Å². The summed E-state index contributed by atoms with van der Waals surface area (Å²) < 4.78 is 5.31. The van der Waals surface area contributed by atoms with Crippen LogP contribution in [-0.4, -0.2) is 46.2 Å². The maximum Gasteiger partial charge on any atom is 0.241 e. The summed E-state index contributed by atoms with van der Waals surface area (Å²) >= 11 is 0. The summed E-state index contributed by atoms with van der Waals surface area (Å²) in [5.41, 5.74) is 0.884. The van der Waals surface area contributed by atoms with Gasteiger partial charge in [-0.25, -0.2) is 0 Å². The van der Waals surface area contributed by atoms with E-state index in [-0.39, 0.29) is 0 Å². The minimum absolute atomic E-state index is 0.607. The average Bonchev–Trinajstić information content (AvgIpc) is 2.76. The van der Waals surface area contributed by atoms with Crippen molar-refractivity contribution in [2.75, 3.05) is 26.2 Å². The molecule has 0 unspecified atom stereocenters. The molecular weight excluding hydrogens is 242 g/mol. The van der Waals surface area contributed by atoms with Gasteiger partial charge in [0.25, 0.3) is 0 Å². The lowest BCUT2D eigenvalue weighted by atomic mass is 10.3. The van der Waals surface area contributed by atoms with Gasteiger partial charge < -0.3 is 9.84 Å². The minimum atomic E-state index is 0.607. The van der Waals surface area contributed by atoms with Crippen molar-refractivity contribution in [2.45, 2.75) is 13.0 Å². The third kappa shape index (κ3) is 3.15. The maximum absolute atomic E-state index is 5.31. The molecule has 19 heavy (non-hydrogen) atoms. The predicted molar refractivity (Wildman–Crippen MR) is 70.3 cm³/mol. The van der Waals surface area contributed by atoms with Crippen LogP contribution in [0, 0.1) is 0 Å². The molecule has 0 amide bonds. The van der Waals surface area contributed by atoms with Gasteiger partial charge in [-0.3, -0.25) is 9.88 Å². The standard InChI is InChI=1S/C13H17N5O/c1-3-11(9-15-4-1)13-16-12(19-17-13)10-18-7-2-5-14-6-8-18/h1,3-4,9,14H,2,5-8,10H2. The van der Waals surface area contributed by atoms with E-state index in [4.69, 9.17) is 4.52 Å². The number of aromatic nitrogens is 3. The van der Waals surface area contributed by atoms with Crippen molar-refractivity contribution in [2.24, 2.45) is 0 Å². The molecule has 2 aromatic heterocycles. The van der Waals surface area contributed by atoms with Crippen molar-refractivity contribution in [1.82, 2.24) is 25.3 Å². The molecule has 3 heterocycles.